The van der Waals surface area contributed by atoms with Gasteiger partial charge < -0.3 is 10.8 Å². The molecule has 21 heavy (non-hydrogen) atoms. The molecule has 5 nitrogen and oxygen atoms in total. The van der Waals surface area contributed by atoms with Crippen LogP contribution in [0.1, 0.15) is 21.6 Å². The van der Waals surface area contributed by atoms with E-state index in [-0.39, 0.29) is 5.69 Å². The fourth-order valence-electron chi connectivity index (χ4n) is 2.40. The zero-order valence-electron chi connectivity index (χ0n) is 11.8. The van der Waals surface area contributed by atoms with Crippen molar-refractivity contribution in [1.82, 2.24) is 9.38 Å². The lowest BCUT2D eigenvalue weighted by Crippen LogP contribution is -2.04. The number of aromatic carboxylic acids is 1. The molecule has 0 radical (unpaired) electrons. The lowest BCUT2D eigenvalue weighted by atomic mass is 10.1. The molecule has 5 heteroatoms. The molecule has 0 aliphatic heterocycles. The van der Waals surface area contributed by atoms with E-state index in [4.69, 9.17) is 5.73 Å². The van der Waals surface area contributed by atoms with Gasteiger partial charge in [-0.3, -0.25) is 4.40 Å². The number of fused-ring (bicyclic) bond motifs is 1. The van der Waals surface area contributed by atoms with Gasteiger partial charge in [0.1, 0.15) is 11.3 Å². The number of aryl methyl sites for hydroxylation is 2. The molecule has 1 aromatic carbocycles. The molecule has 106 valence electrons. The number of anilines is 1. The van der Waals surface area contributed by atoms with Crippen LogP contribution in [0.15, 0.2) is 36.5 Å². The summed E-state index contributed by atoms with van der Waals surface area (Å²) in [5, 5.41) is 9.54. The van der Waals surface area contributed by atoms with Gasteiger partial charge in [0, 0.05) is 17.4 Å². The average molecular weight is 281 g/mol. The molecule has 0 fully saturated rings. The summed E-state index contributed by atoms with van der Waals surface area (Å²) in [6.07, 6.45) is 1.71. The maximum absolute atomic E-state index is 11.6. The number of carbonyl (C=O) groups is 1. The van der Waals surface area contributed by atoms with Crippen molar-refractivity contribution in [2.75, 3.05) is 5.73 Å². The van der Waals surface area contributed by atoms with E-state index in [1.165, 1.54) is 0 Å². The van der Waals surface area contributed by atoms with Crippen LogP contribution in [0.25, 0.3) is 16.9 Å². The van der Waals surface area contributed by atoms with Gasteiger partial charge in [0.2, 0.25) is 0 Å². The van der Waals surface area contributed by atoms with Crippen LogP contribution in [0.2, 0.25) is 0 Å². The lowest BCUT2D eigenvalue weighted by Gasteiger charge is -2.04. The minimum absolute atomic E-state index is 0.150. The molecule has 0 spiro atoms. The van der Waals surface area contributed by atoms with Crippen molar-refractivity contribution >= 4 is 17.3 Å². The zero-order chi connectivity index (χ0) is 15.1. The Bertz CT molecular complexity index is 865. The van der Waals surface area contributed by atoms with Crippen molar-refractivity contribution in [3.8, 4) is 11.3 Å². The first-order valence-electron chi connectivity index (χ1n) is 6.56. The van der Waals surface area contributed by atoms with Crippen molar-refractivity contribution < 1.29 is 9.90 Å². The Morgan fingerprint density at radius 3 is 2.67 bits per heavy atom. The lowest BCUT2D eigenvalue weighted by molar-refractivity contribution is 0.0690. The monoisotopic (exact) mass is 281 g/mol. The van der Waals surface area contributed by atoms with Crippen LogP contribution in [0, 0.1) is 13.8 Å². The Labute approximate surface area is 121 Å². The van der Waals surface area contributed by atoms with Crippen LogP contribution < -0.4 is 5.73 Å². The van der Waals surface area contributed by atoms with E-state index in [9.17, 15) is 9.90 Å². The molecule has 0 unspecified atom stereocenters. The molecule has 0 saturated carbocycles. The Kier molecular flexibility index (Phi) is 2.90. The maximum atomic E-state index is 11.6. The number of benzene rings is 1. The topological polar surface area (TPSA) is 80.6 Å². The van der Waals surface area contributed by atoms with Crippen molar-refractivity contribution in [2.45, 2.75) is 13.8 Å². The summed E-state index contributed by atoms with van der Waals surface area (Å²) in [7, 11) is 0. The van der Waals surface area contributed by atoms with Crippen molar-refractivity contribution in [3.05, 3.63) is 53.3 Å². The van der Waals surface area contributed by atoms with Gasteiger partial charge in [-0.2, -0.15) is 0 Å². The van der Waals surface area contributed by atoms with E-state index < -0.39 is 5.97 Å². The minimum atomic E-state index is -1.01. The number of carboxylic acid groups (broad SMARTS) is 1. The normalized spacial score (nSPS) is 11.0. The molecule has 0 atom stereocenters. The van der Waals surface area contributed by atoms with E-state index >= 15 is 0 Å². The first-order chi connectivity index (χ1) is 9.99. The third kappa shape index (κ3) is 2.03. The second kappa shape index (κ2) is 4.63. The first-order valence-corrected chi connectivity index (χ1v) is 6.56. The van der Waals surface area contributed by atoms with E-state index in [1.54, 1.807) is 16.7 Å². The average Bonchev–Trinajstić information content (AvgIpc) is 2.83. The molecule has 0 bridgehead atoms. The molecular formula is C16H15N3O2. The van der Waals surface area contributed by atoms with Gasteiger partial charge in [0.05, 0.1) is 0 Å². The summed E-state index contributed by atoms with van der Waals surface area (Å²) >= 11 is 0. The molecule has 2 heterocycles. The van der Waals surface area contributed by atoms with E-state index in [0.29, 0.717) is 22.6 Å². The number of carboxylic acids is 1. The van der Waals surface area contributed by atoms with Gasteiger partial charge >= 0.3 is 5.97 Å². The van der Waals surface area contributed by atoms with E-state index in [1.807, 2.05) is 38.1 Å². The molecule has 3 aromatic rings. The van der Waals surface area contributed by atoms with Crippen LogP contribution in [0.3, 0.4) is 0 Å². The first kappa shape index (κ1) is 13.2. The summed E-state index contributed by atoms with van der Waals surface area (Å²) in [4.78, 5) is 16.1. The second-order valence-corrected chi connectivity index (χ2v) is 5.07. The van der Waals surface area contributed by atoms with Gasteiger partial charge in [-0.15, -0.1) is 0 Å². The number of pyridine rings is 1. The third-order valence-electron chi connectivity index (χ3n) is 3.60. The minimum Gasteiger partial charge on any atom is -0.476 e. The maximum Gasteiger partial charge on any atom is 0.355 e. The van der Waals surface area contributed by atoms with Gasteiger partial charge in [-0.25, -0.2) is 9.78 Å². The number of nitrogens with zero attached hydrogens (tertiary/aromatic N) is 2. The van der Waals surface area contributed by atoms with Gasteiger partial charge in [0.15, 0.2) is 5.69 Å². The zero-order valence-corrected chi connectivity index (χ0v) is 11.8. The van der Waals surface area contributed by atoms with Crippen LogP contribution in [0.4, 0.5) is 5.69 Å². The fraction of sp³-hybridized carbons (Fsp3) is 0.125. The van der Waals surface area contributed by atoms with Crippen LogP contribution in [-0.4, -0.2) is 20.5 Å². The second-order valence-electron chi connectivity index (χ2n) is 5.07. The molecular weight excluding hydrogens is 266 g/mol. The number of nitrogen functional groups attached to an aromatic ring is 1. The number of imidazole rings is 1. The van der Waals surface area contributed by atoms with Crippen LogP contribution in [0.5, 0.6) is 0 Å². The van der Waals surface area contributed by atoms with Gasteiger partial charge in [0.25, 0.3) is 0 Å². The summed E-state index contributed by atoms with van der Waals surface area (Å²) < 4.78 is 1.60. The van der Waals surface area contributed by atoms with E-state index in [2.05, 4.69) is 4.98 Å². The highest BCUT2D eigenvalue weighted by Gasteiger charge is 2.20. The molecule has 3 N–H and O–H groups in total. The Hall–Kier alpha value is -2.82. The summed E-state index contributed by atoms with van der Waals surface area (Å²) in [5.41, 5.74) is 10.4. The predicted octanol–water partition coefficient (Wildman–Crippen LogP) is 2.90. The summed E-state index contributed by atoms with van der Waals surface area (Å²) in [5.74, 6) is -1.01. The highest BCUT2D eigenvalue weighted by Crippen LogP contribution is 2.28. The molecule has 0 aliphatic rings. The van der Waals surface area contributed by atoms with Crippen molar-refractivity contribution in [2.24, 2.45) is 0 Å². The van der Waals surface area contributed by atoms with Gasteiger partial charge in [-0.1, -0.05) is 18.2 Å². The van der Waals surface area contributed by atoms with Crippen molar-refractivity contribution in [3.63, 3.8) is 0 Å². The standard InChI is InChI=1S/C16H15N3O2/c1-9-5-6-11(8-12(9)17)13-14(16(20)21)19-7-3-4-10(2)15(19)18-13/h3-8H,17H2,1-2H3,(H,20,21). The summed E-state index contributed by atoms with van der Waals surface area (Å²) in [6.45, 7) is 3.81. The smallest absolute Gasteiger partial charge is 0.355 e. The molecule has 3 rings (SSSR count). The Balaban J connectivity index is 2.36. The van der Waals surface area contributed by atoms with Crippen LogP contribution >= 0.6 is 0 Å². The predicted molar refractivity (Wildman–Crippen MR) is 81.5 cm³/mol. The van der Waals surface area contributed by atoms with Crippen LogP contribution in [-0.2, 0) is 0 Å². The summed E-state index contributed by atoms with van der Waals surface area (Å²) in [6, 6.07) is 9.19. The molecule has 0 aliphatic carbocycles. The molecule has 0 amide bonds. The number of aromatic nitrogens is 2. The third-order valence-corrected chi connectivity index (χ3v) is 3.60. The SMILES string of the molecule is Cc1ccc(-c2nc3c(C)cccn3c2C(=O)O)cc1N. The molecule has 0 saturated heterocycles. The number of nitrogens with two attached hydrogens (primary N) is 1. The number of hydrogen-bond donors (Lipinski definition) is 2. The Morgan fingerprint density at radius 2 is 2.00 bits per heavy atom. The van der Waals surface area contributed by atoms with E-state index in [0.717, 1.165) is 11.1 Å². The largest absolute Gasteiger partial charge is 0.476 e. The van der Waals surface area contributed by atoms with Crippen molar-refractivity contribution in [1.29, 1.82) is 0 Å². The Morgan fingerprint density at radius 1 is 1.24 bits per heavy atom. The number of hydrogen-bond acceptors (Lipinski definition) is 3. The molecule has 2 aromatic heterocycles. The van der Waals surface area contributed by atoms with Gasteiger partial charge in [-0.05, 0) is 37.1 Å². The fourth-order valence-corrected chi connectivity index (χ4v) is 2.40. The quantitative estimate of drug-likeness (QED) is 0.708. The number of rotatable bonds is 2. The highest BCUT2D eigenvalue weighted by molar-refractivity contribution is 5.95. The highest BCUT2D eigenvalue weighted by atomic mass is 16.4.